The molecule has 0 aliphatic heterocycles. The highest BCUT2D eigenvalue weighted by molar-refractivity contribution is 5.76. The van der Waals surface area contributed by atoms with Crippen molar-refractivity contribution in [3.8, 4) is 5.75 Å². The third-order valence-electron chi connectivity index (χ3n) is 2.52. The van der Waals surface area contributed by atoms with Crippen molar-refractivity contribution in [3.63, 3.8) is 0 Å². The molecule has 6 nitrogen and oxygen atoms in total. The lowest BCUT2D eigenvalue weighted by Crippen LogP contribution is -2.08. The van der Waals surface area contributed by atoms with Crippen molar-refractivity contribution in [2.24, 2.45) is 0 Å². The number of rotatable bonds is 6. The summed E-state index contributed by atoms with van der Waals surface area (Å²) in [5.41, 5.74) is 0.853. The first-order valence-corrected chi connectivity index (χ1v) is 5.61. The minimum absolute atomic E-state index is 0.106. The highest BCUT2D eigenvalue weighted by Crippen LogP contribution is 2.31. The number of carboxylic acids is 1. The molecule has 0 amide bonds. The lowest BCUT2D eigenvalue weighted by molar-refractivity contribution is -0.385. The quantitative estimate of drug-likeness (QED) is 0.485. The number of carboxylic acid groups (broad SMARTS) is 1. The molecule has 0 spiro atoms. The molecule has 102 valence electrons. The summed E-state index contributed by atoms with van der Waals surface area (Å²) < 4.78 is 5.27. The van der Waals surface area contributed by atoms with Gasteiger partial charge in [0.05, 0.1) is 10.8 Å². The van der Waals surface area contributed by atoms with Crippen molar-refractivity contribution in [1.29, 1.82) is 0 Å². The summed E-state index contributed by atoms with van der Waals surface area (Å²) in [6.45, 7) is 7.03. The van der Waals surface area contributed by atoms with Gasteiger partial charge in [-0.25, -0.2) is 0 Å². The summed E-state index contributed by atoms with van der Waals surface area (Å²) in [4.78, 5) is 21.2. The normalized spacial score (nSPS) is 11.7. The number of aliphatic carboxylic acids is 1. The first-order chi connectivity index (χ1) is 8.82. The fraction of sp³-hybridized carbons (Fsp3) is 0.308. The van der Waals surface area contributed by atoms with Crippen LogP contribution in [0.25, 0.3) is 0 Å². The zero-order valence-corrected chi connectivity index (χ0v) is 10.8. The molecule has 0 fully saturated rings. The largest absolute Gasteiger partial charge is 0.482 e. The molecule has 1 unspecified atom stereocenters. The number of ether oxygens (including phenoxy) is 1. The van der Waals surface area contributed by atoms with Gasteiger partial charge in [-0.15, -0.1) is 0 Å². The molecule has 1 atom stereocenters. The molecule has 0 saturated carbocycles. The molecular weight excluding hydrogens is 250 g/mol. The van der Waals surface area contributed by atoms with Crippen LogP contribution in [0, 0.1) is 10.1 Å². The van der Waals surface area contributed by atoms with E-state index in [1.165, 1.54) is 25.1 Å². The van der Waals surface area contributed by atoms with Crippen LogP contribution in [0.15, 0.2) is 30.4 Å². The molecule has 0 heterocycles. The number of benzene rings is 1. The number of carbonyl (C=O) groups is 1. The average Bonchev–Trinajstić information content (AvgIpc) is 2.34. The summed E-state index contributed by atoms with van der Waals surface area (Å²) in [6.07, 6.45) is 0. The van der Waals surface area contributed by atoms with Crippen LogP contribution >= 0.6 is 0 Å². The molecule has 1 N–H and O–H groups in total. The summed E-state index contributed by atoms with van der Waals surface area (Å²) in [7, 11) is 0. The van der Waals surface area contributed by atoms with E-state index in [1.54, 1.807) is 6.92 Å². The van der Waals surface area contributed by atoms with Crippen molar-refractivity contribution in [3.05, 3.63) is 46.0 Å². The van der Waals surface area contributed by atoms with Crippen LogP contribution in [-0.4, -0.2) is 22.6 Å². The maximum Gasteiger partial charge on any atom is 0.311 e. The first-order valence-electron chi connectivity index (χ1n) is 5.61. The van der Waals surface area contributed by atoms with Crippen LogP contribution in [0.5, 0.6) is 5.75 Å². The molecule has 19 heavy (non-hydrogen) atoms. The molecule has 0 aromatic heterocycles. The predicted octanol–water partition coefficient (Wildman–Crippen LogP) is 2.74. The summed E-state index contributed by atoms with van der Waals surface area (Å²) in [5, 5.41) is 19.9. The zero-order chi connectivity index (χ0) is 14.6. The Kier molecular flexibility index (Phi) is 4.63. The average molecular weight is 265 g/mol. The minimum Gasteiger partial charge on any atom is -0.482 e. The Hall–Kier alpha value is -2.37. The fourth-order valence-corrected chi connectivity index (χ4v) is 1.41. The van der Waals surface area contributed by atoms with Gasteiger partial charge in [-0.05, 0) is 31.1 Å². The van der Waals surface area contributed by atoms with E-state index in [0.29, 0.717) is 5.56 Å². The Morgan fingerprint density at radius 3 is 2.68 bits per heavy atom. The van der Waals surface area contributed by atoms with Gasteiger partial charge in [-0.1, -0.05) is 12.6 Å². The van der Waals surface area contributed by atoms with Gasteiger partial charge in [-0.2, -0.15) is 0 Å². The Balaban J connectivity index is 3.11. The monoisotopic (exact) mass is 265 g/mol. The Labute approximate surface area is 110 Å². The Morgan fingerprint density at radius 2 is 2.21 bits per heavy atom. The maximum absolute atomic E-state index is 11.0. The van der Waals surface area contributed by atoms with Crippen molar-refractivity contribution in [2.75, 3.05) is 6.61 Å². The molecule has 0 radical (unpaired) electrons. The van der Waals surface area contributed by atoms with Crippen LogP contribution in [0.2, 0.25) is 0 Å². The third-order valence-corrected chi connectivity index (χ3v) is 2.52. The Bertz CT molecular complexity index is 524. The molecule has 0 aliphatic carbocycles. The van der Waals surface area contributed by atoms with Gasteiger partial charge in [0.15, 0.2) is 5.75 Å². The highest BCUT2D eigenvalue weighted by atomic mass is 16.6. The van der Waals surface area contributed by atoms with Crippen LogP contribution in [0.3, 0.4) is 0 Å². The van der Waals surface area contributed by atoms with Crippen LogP contribution in [0.1, 0.15) is 25.3 Å². The molecule has 0 bridgehead atoms. The molecule has 1 aromatic carbocycles. The summed E-state index contributed by atoms with van der Waals surface area (Å²) in [6, 6.07) is 4.15. The van der Waals surface area contributed by atoms with Gasteiger partial charge < -0.3 is 9.84 Å². The second kappa shape index (κ2) is 5.99. The smallest absolute Gasteiger partial charge is 0.311 e. The number of hydrogen-bond acceptors (Lipinski definition) is 4. The number of nitro benzene ring substituents is 1. The van der Waals surface area contributed by atoms with Crippen LogP contribution < -0.4 is 4.74 Å². The number of nitrogens with zero attached hydrogens (tertiary/aromatic N) is 1. The SMILES string of the molecule is C=C(C)COc1ccc(C(C)C(=O)O)cc1[N+](=O)[O-]. The van der Waals surface area contributed by atoms with E-state index >= 15 is 0 Å². The third kappa shape index (κ3) is 3.80. The minimum atomic E-state index is -1.04. The molecule has 1 rings (SSSR count). The highest BCUT2D eigenvalue weighted by Gasteiger charge is 2.21. The van der Waals surface area contributed by atoms with Crippen molar-refractivity contribution >= 4 is 11.7 Å². The summed E-state index contributed by atoms with van der Waals surface area (Å²) >= 11 is 0. The topological polar surface area (TPSA) is 89.7 Å². The van der Waals surface area contributed by atoms with E-state index in [0.717, 1.165) is 5.57 Å². The lowest BCUT2D eigenvalue weighted by Gasteiger charge is -2.10. The van der Waals surface area contributed by atoms with Gasteiger partial charge in [-0.3, -0.25) is 14.9 Å². The Morgan fingerprint density at radius 1 is 1.58 bits per heavy atom. The predicted molar refractivity (Wildman–Crippen MR) is 69.5 cm³/mol. The van der Waals surface area contributed by atoms with Gasteiger partial charge in [0.1, 0.15) is 6.61 Å². The second-order valence-corrected chi connectivity index (χ2v) is 4.29. The summed E-state index contributed by atoms with van der Waals surface area (Å²) in [5.74, 6) is -1.74. The maximum atomic E-state index is 11.0. The van der Waals surface area contributed by atoms with E-state index in [1.807, 2.05) is 0 Å². The van der Waals surface area contributed by atoms with E-state index in [2.05, 4.69) is 6.58 Å². The van der Waals surface area contributed by atoms with E-state index in [4.69, 9.17) is 9.84 Å². The van der Waals surface area contributed by atoms with Crippen LogP contribution in [0.4, 0.5) is 5.69 Å². The second-order valence-electron chi connectivity index (χ2n) is 4.29. The zero-order valence-electron chi connectivity index (χ0n) is 10.8. The molecule has 0 aliphatic rings. The molecular formula is C13H15NO5. The number of nitro groups is 1. The fourth-order valence-electron chi connectivity index (χ4n) is 1.41. The number of hydrogen-bond donors (Lipinski definition) is 1. The van der Waals surface area contributed by atoms with Gasteiger partial charge in [0.2, 0.25) is 0 Å². The van der Waals surface area contributed by atoms with Crippen molar-refractivity contribution < 1.29 is 19.6 Å². The lowest BCUT2D eigenvalue weighted by atomic mass is 10.0. The van der Waals surface area contributed by atoms with Crippen LogP contribution in [-0.2, 0) is 4.79 Å². The van der Waals surface area contributed by atoms with E-state index < -0.39 is 16.8 Å². The first kappa shape index (κ1) is 14.7. The standard InChI is InChI=1S/C13H15NO5/c1-8(2)7-19-12-5-4-10(9(3)13(15)16)6-11(12)14(17)18/h4-6,9H,1,7H2,2-3H3,(H,15,16). The molecule has 1 aromatic rings. The van der Waals surface area contributed by atoms with Crippen molar-refractivity contribution in [2.45, 2.75) is 19.8 Å². The van der Waals surface area contributed by atoms with Gasteiger partial charge in [0.25, 0.3) is 0 Å². The molecule has 0 saturated heterocycles. The van der Waals surface area contributed by atoms with E-state index in [9.17, 15) is 14.9 Å². The van der Waals surface area contributed by atoms with Crippen molar-refractivity contribution in [1.82, 2.24) is 0 Å². The van der Waals surface area contributed by atoms with Gasteiger partial charge >= 0.3 is 11.7 Å². The van der Waals surface area contributed by atoms with E-state index in [-0.39, 0.29) is 18.0 Å². The molecule has 6 heteroatoms. The van der Waals surface area contributed by atoms with Gasteiger partial charge in [0, 0.05) is 6.07 Å².